The van der Waals surface area contributed by atoms with Crippen LogP contribution in [0.1, 0.15) is 17.5 Å². The van der Waals surface area contributed by atoms with Gasteiger partial charge in [-0.15, -0.1) is 10.2 Å². The number of anilines is 1. The summed E-state index contributed by atoms with van der Waals surface area (Å²) in [6.45, 7) is 2.56. The van der Waals surface area contributed by atoms with E-state index in [0.717, 1.165) is 16.3 Å². The first-order valence-electron chi connectivity index (χ1n) is 6.68. The fourth-order valence-corrected chi connectivity index (χ4v) is 2.56. The summed E-state index contributed by atoms with van der Waals surface area (Å²) >= 11 is 1.29. The molecule has 6 nitrogen and oxygen atoms in total. The molecule has 0 aliphatic rings. The molecule has 1 amide bonds. The Hall–Kier alpha value is -2.67. The molecule has 1 N–H and O–H groups in total. The Labute approximate surface area is 130 Å². The van der Waals surface area contributed by atoms with Gasteiger partial charge in [0.2, 0.25) is 5.13 Å². The summed E-state index contributed by atoms with van der Waals surface area (Å²) in [6, 6.07) is 10.8. The van der Waals surface area contributed by atoms with Crippen molar-refractivity contribution in [2.45, 2.75) is 6.92 Å². The number of rotatable bonds is 5. The molecule has 0 spiro atoms. The quantitative estimate of drug-likeness (QED) is 0.780. The Morgan fingerprint density at radius 1 is 1.27 bits per heavy atom. The number of aromatic nitrogens is 2. The summed E-state index contributed by atoms with van der Waals surface area (Å²) in [5.74, 6) is 0.694. The van der Waals surface area contributed by atoms with E-state index in [0.29, 0.717) is 11.7 Å². The average molecular weight is 315 g/mol. The van der Waals surface area contributed by atoms with Gasteiger partial charge in [-0.2, -0.15) is 0 Å². The highest BCUT2D eigenvalue weighted by Gasteiger charge is 2.13. The Balaban J connectivity index is 1.72. The van der Waals surface area contributed by atoms with Crippen molar-refractivity contribution < 1.29 is 13.9 Å². The minimum atomic E-state index is -0.348. The zero-order valence-corrected chi connectivity index (χ0v) is 12.6. The van der Waals surface area contributed by atoms with E-state index in [-0.39, 0.29) is 11.7 Å². The van der Waals surface area contributed by atoms with Crippen LogP contribution in [0.4, 0.5) is 5.13 Å². The first-order valence-corrected chi connectivity index (χ1v) is 7.49. The fourth-order valence-electron chi connectivity index (χ4n) is 1.82. The number of carbonyl (C=O) groups excluding carboxylic acids is 1. The molecule has 0 bridgehead atoms. The third-order valence-corrected chi connectivity index (χ3v) is 3.69. The molecular formula is C15H13N3O3S. The van der Waals surface area contributed by atoms with Gasteiger partial charge in [0, 0.05) is 5.56 Å². The average Bonchev–Trinajstić information content (AvgIpc) is 3.19. The van der Waals surface area contributed by atoms with Gasteiger partial charge in [-0.25, -0.2) is 0 Å². The molecule has 0 aliphatic heterocycles. The maximum atomic E-state index is 11.9. The Bertz CT molecular complexity index is 751. The normalized spacial score (nSPS) is 10.4. The summed E-state index contributed by atoms with van der Waals surface area (Å²) in [6.07, 6.45) is 1.44. The first kappa shape index (κ1) is 14.3. The molecule has 3 aromatic rings. The number of nitrogens with zero attached hydrogens (tertiary/aromatic N) is 2. The topological polar surface area (TPSA) is 77.3 Å². The molecule has 7 heteroatoms. The van der Waals surface area contributed by atoms with Crippen molar-refractivity contribution in [2.75, 3.05) is 11.9 Å². The Morgan fingerprint density at radius 3 is 2.77 bits per heavy atom. The lowest BCUT2D eigenvalue weighted by molar-refractivity contribution is 0.0996. The SMILES string of the molecule is CCOc1ccc(-c2nnc(NC(=O)c3ccco3)s2)cc1. The molecular weight excluding hydrogens is 302 g/mol. The van der Waals surface area contributed by atoms with Crippen LogP contribution in [0.25, 0.3) is 10.6 Å². The molecule has 112 valence electrons. The third-order valence-electron chi connectivity index (χ3n) is 2.80. The van der Waals surface area contributed by atoms with Crippen LogP contribution in [-0.2, 0) is 0 Å². The van der Waals surface area contributed by atoms with Crippen molar-refractivity contribution in [3.63, 3.8) is 0 Å². The highest BCUT2D eigenvalue weighted by atomic mass is 32.1. The highest BCUT2D eigenvalue weighted by molar-refractivity contribution is 7.18. The minimum Gasteiger partial charge on any atom is -0.494 e. The van der Waals surface area contributed by atoms with Gasteiger partial charge in [0.15, 0.2) is 5.76 Å². The lowest BCUT2D eigenvalue weighted by atomic mass is 10.2. The van der Waals surface area contributed by atoms with Crippen LogP contribution >= 0.6 is 11.3 Å². The molecule has 0 aliphatic carbocycles. The first-order chi connectivity index (χ1) is 10.8. The number of hydrogen-bond acceptors (Lipinski definition) is 6. The van der Waals surface area contributed by atoms with Crippen LogP contribution in [0.3, 0.4) is 0 Å². The van der Waals surface area contributed by atoms with Crippen molar-refractivity contribution in [1.29, 1.82) is 0 Å². The zero-order chi connectivity index (χ0) is 15.4. The third kappa shape index (κ3) is 3.15. The van der Waals surface area contributed by atoms with E-state index in [9.17, 15) is 4.79 Å². The van der Waals surface area contributed by atoms with Crippen LogP contribution in [-0.4, -0.2) is 22.7 Å². The number of benzene rings is 1. The van der Waals surface area contributed by atoms with Crippen molar-refractivity contribution in [3.05, 3.63) is 48.4 Å². The molecule has 0 radical (unpaired) electrons. The van der Waals surface area contributed by atoms with Crippen LogP contribution in [0.2, 0.25) is 0 Å². The summed E-state index contributed by atoms with van der Waals surface area (Å²) in [7, 11) is 0. The summed E-state index contributed by atoms with van der Waals surface area (Å²) in [5.41, 5.74) is 0.916. The highest BCUT2D eigenvalue weighted by Crippen LogP contribution is 2.28. The van der Waals surface area contributed by atoms with Gasteiger partial charge in [0.05, 0.1) is 12.9 Å². The second-order valence-corrected chi connectivity index (χ2v) is 5.28. The maximum absolute atomic E-state index is 11.9. The zero-order valence-electron chi connectivity index (χ0n) is 11.8. The summed E-state index contributed by atoms with van der Waals surface area (Å²) in [4.78, 5) is 11.9. The monoisotopic (exact) mass is 315 g/mol. The van der Waals surface area contributed by atoms with Gasteiger partial charge in [-0.3, -0.25) is 10.1 Å². The van der Waals surface area contributed by atoms with Gasteiger partial charge in [0.25, 0.3) is 5.91 Å². The smallest absolute Gasteiger partial charge is 0.293 e. The molecule has 22 heavy (non-hydrogen) atoms. The summed E-state index contributed by atoms with van der Waals surface area (Å²) in [5, 5.41) is 11.8. The van der Waals surface area contributed by atoms with E-state index in [1.807, 2.05) is 31.2 Å². The van der Waals surface area contributed by atoms with Crippen molar-refractivity contribution in [3.8, 4) is 16.3 Å². The van der Waals surface area contributed by atoms with E-state index in [1.165, 1.54) is 17.6 Å². The molecule has 0 atom stereocenters. The van der Waals surface area contributed by atoms with Crippen LogP contribution < -0.4 is 10.1 Å². The number of furan rings is 1. The largest absolute Gasteiger partial charge is 0.494 e. The Morgan fingerprint density at radius 2 is 2.09 bits per heavy atom. The molecule has 0 unspecified atom stereocenters. The van der Waals surface area contributed by atoms with Crippen LogP contribution in [0, 0.1) is 0 Å². The molecule has 2 heterocycles. The van der Waals surface area contributed by atoms with E-state index in [4.69, 9.17) is 9.15 Å². The number of amides is 1. The van der Waals surface area contributed by atoms with Gasteiger partial charge in [-0.1, -0.05) is 11.3 Å². The fraction of sp³-hybridized carbons (Fsp3) is 0.133. The predicted octanol–water partition coefficient (Wildman–Crippen LogP) is 3.45. The van der Waals surface area contributed by atoms with Crippen molar-refractivity contribution in [2.24, 2.45) is 0 Å². The van der Waals surface area contributed by atoms with E-state index in [1.54, 1.807) is 12.1 Å². The van der Waals surface area contributed by atoms with Gasteiger partial charge in [-0.05, 0) is 43.3 Å². The predicted molar refractivity (Wildman–Crippen MR) is 83.2 cm³/mol. The number of nitrogens with one attached hydrogen (secondary N) is 1. The summed E-state index contributed by atoms with van der Waals surface area (Å²) < 4.78 is 10.4. The molecule has 0 saturated heterocycles. The lowest BCUT2D eigenvalue weighted by Gasteiger charge is -2.02. The molecule has 0 saturated carbocycles. The molecule has 0 fully saturated rings. The second kappa shape index (κ2) is 6.40. The molecule has 3 rings (SSSR count). The van der Waals surface area contributed by atoms with Crippen molar-refractivity contribution >= 4 is 22.4 Å². The van der Waals surface area contributed by atoms with Gasteiger partial charge < -0.3 is 9.15 Å². The van der Waals surface area contributed by atoms with Gasteiger partial charge >= 0.3 is 0 Å². The standard InChI is InChI=1S/C15H13N3O3S/c1-2-20-11-7-5-10(6-8-11)14-17-18-15(22-14)16-13(19)12-4-3-9-21-12/h3-9H,2H2,1H3,(H,16,18,19). The van der Waals surface area contributed by atoms with E-state index < -0.39 is 0 Å². The number of hydrogen-bond donors (Lipinski definition) is 1. The number of carbonyl (C=O) groups is 1. The second-order valence-electron chi connectivity index (χ2n) is 4.30. The van der Waals surface area contributed by atoms with Crippen LogP contribution in [0.15, 0.2) is 47.1 Å². The number of ether oxygens (including phenoxy) is 1. The molecule has 2 aromatic heterocycles. The maximum Gasteiger partial charge on any atom is 0.293 e. The van der Waals surface area contributed by atoms with Crippen molar-refractivity contribution in [1.82, 2.24) is 10.2 Å². The minimum absolute atomic E-state index is 0.234. The van der Waals surface area contributed by atoms with Crippen LogP contribution in [0.5, 0.6) is 5.75 Å². The van der Waals surface area contributed by atoms with E-state index in [2.05, 4.69) is 15.5 Å². The Kier molecular flexibility index (Phi) is 4.15. The molecule has 1 aromatic carbocycles. The van der Waals surface area contributed by atoms with Gasteiger partial charge in [0.1, 0.15) is 10.8 Å². The lowest BCUT2D eigenvalue weighted by Crippen LogP contribution is -2.10. The van der Waals surface area contributed by atoms with E-state index >= 15 is 0 Å².